The van der Waals surface area contributed by atoms with E-state index < -0.39 is 203 Å². The lowest BCUT2D eigenvalue weighted by molar-refractivity contribution is -0.374. The molecule has 25 atom stereocenters. The molecule has 0 aliphatic carbocycles. The Balaban J connectivity index is 1.40. The van der Waals surface area contributed by atoms with Crippen molar-refractivity contribution in [3.63, 3.8) is 0 Å². The van der Waals surface area contributed by atoms with E-state index in [0.717, 1.165) is 27.9 Å². The number of hydrogen-bond acceptors (Lipinski definition) is 26. The van der Waals surface area contributed by atoms with E-state index in [-0.39, 0.29) is 0 Å². The Morgan fingerprint density at radius 1 is 0.412 bits per heavy atom. The third-order valence-electron chi connectivity index (χ3n) is 11.7. The van der Waals surface area contributed by atoms with Gasteiger partial charge in [0, 0.05) is 27.9 Å². The SMILES string of the molecule is CO[C@@H]1O[C@H](CO)[C@@H](O)[C@H](O[C@@H]2O[C@H](C(=O)O)[C@@H](O[C@@H]3O[C@H](CO)[C@@H](O)[C@H](O[C@@H]4O[C@H](C(=O)O)[C@@H](O[C@@H]5O[C@H](CO)[C@@H](O)[C@H](O)[C@H]5NC(C)=O)[C@H](O)[C@H]4O)[C@H]3NC(C)=O)[C@H](O)[C@H]2O)[C@H]1NC(C)=O. The molecular formula is C37H59N3O28. The molecule has 5 rings (SSSR count). The Hall–Kier alpha value is -3.49. The summed E-state index contributed by atoms with van der Waals surface area (Å²) in [5.41, 5.74) is 0. The van der Waals surface area contributed by atoms with Gasteiger partial charge in [-0.25, -0.2) is 9.59 Å². The van der Waals surface area contributed by atoms with Crippen LogP contribution in [0, 0.1) is 0 Å². The Morgan fingerprint density at radius 2 is 0.735 bits per heavy atom. The Kier molecular flexibility index (Phi) is 19.3. The summed E-state index contributed by atoms with van der Waals surface area (Å²) in [6, 6.07) is -4.94. The smallest absolute Gasteiger partial charge is 0.335 e. The summed E-state index contributed by atoms with van der Waals surface area (Å²) < 4.78 is 55.8. The Bertz CT molecular complexity index is 1740. The molecule has 5 aliphatic heterocycles. The van der Waals surface area contributed by atoms with Crippen LogP contribution in [0.25, 0.3) is 0 Å². The Morgan fingerprint density at radius 3 is 1.09 bits per heavy atom. The van der Waals surface area contributed by atoms with Crippen LogP contribution < -0.4 is 16.0 Å². The number of carbonyl (C=O) groups excluding carboxylic acids is 3. The van der Waals surface area contributed by atoms with Crippen molar-refractivity contribution in [2.45, 2.75) is 174 Å². The van der Waals surface area contributed by atoms with Crippen molar-refractivity contribution in [1.82, 2.24) is 16.0 Å². The summed E-state index contributed by atoms with van der Waals surface area (Å²) in [6.07, 6.45) is -44.3. The second-order valence-electron chi connectivity index (χ2n) is 16.4. The van der Waals surface area contributed by atoms with Crippen LogP contribution in [-0.2, 0) is 71.3 Å². The molecule has 31 heteroatoms. The van der Waals surface area contributed by atoms with Crippen LogP contribution in [0.15, 0.2) is 0 Å². The number of carboxylic acids is 2. The van der Waals surface area contributed by atoms with Crippen molar-refractivity contribution in [3.05, 3.63) is 0 Å². The molecular weight excluding hydrogens is 934 g/mol. The number of aliphatic carboxylic acids is 2. The third kappa shape index (κ3) is 12.0. The van der Waals surface area contributed by atoms with Crippen molar-refractivity contribution >= 4 is 29.7 Å². The topological polar surface area (TPSA) is 477 Å². The van der Waals surface area contributed by atoms with E-state index in [0.29, 0.717) is 0 Å². The average molecular weight is 994 g/mol. The van der Waals surface area contributed by atoms with Crippen molar-refractivity contribution in [1.29, 1.82) is 0 Å². The van der Waals surface area contributed by atoms with Gasteiger partial charge in [-0.3, -0.25) is 14.4 Å². The molecule has 0 spiro atoms. The number of carboxylic acid groups (broad SMARTS) is 2. The van der Waals surface area contributed by atoms with E-state index in [1.807, 2.05) is 0 Å². The van der Waals surface area contributed by atoms with Crippen LogP contribution >= 0.6 is 0 Å². The first-order chi connectivity index (χ1) is 32.0. The molecule has 0 bridgehead atoms. The summed E-state index contributed by atoms with van der Waals surface area (Å²) in [4.78, 5) is 62.0. The molecule has 390 valence electrons. The average Bonchev–Trinajstić information content (AvgIpc) is 3.27. The van der Waals surface area contributed by atoms with Gasteiger partial charge < -0.3 is 130 Å². The van der Waals surface area contributed by atoms with Gasteiger partial charge in [0.15, 0.2) is 43.7 Å². The van der Waals surface area contributed by atoms with Crippen LogP contribution in [0.4, 0.5) is 0 Å². The van der Waals surface area contributed by atoms with Gasteiger partial charge in [-0.2, -0.15) is 0 Å². The molecule has 0 unspecified atom stereocenters. The number of ether oxygens (including phenoxy) is 10. The highest BCUT2D eigenvalue weighted by Crippen LogP contribution is 2.36. The van der Waals surface area contributed by atoms with E-state index in [4.69, 9.17) is 47.4 Å². The maximum Gasteiger partial charge on any atom is 0.335 e. The maximum absolute atomic E-state index is 12.7. The zero-order valence-electron chi connectivity index (χ0n) is 36.5. The normalized spacial score (nSPS) is 45.4. The number of methoxy groups -OCH3 is 1. The lowest BCUT2D eigenvalue weighted by Crippen LogP contribution is -2.71. The number of aliphatic hydroxyl groups excluding tert-OH is 11. The molecule has 3 amide bonds. The fraction of sp³-hybridized carbons (Fsp3) is 0.865. The van der Waals surface area contributed by atoms with E-state index in [2.05, 4.69) is 16.0 Å². The molecule has 16 N–H and O–H groups in total. The summed E-state index contributed by atoms with van der Waals surface area (Å²) in [5.74, 6) is -6.19. The number of nitrogens with one attached hydrogen (secondary N) is 3. The summed E-state index contributed by atoms with van der Waals surface area (Å²) in [5, 5.41) is 146. The number of aliphatic hydroxyl groups is 11. The second-order valence-corrected chi connectivity index (χ2v) is 16.4. The van der Waals surface area contributed by atoms with Gasteiger partial charge in [0.05, 0.1) is 19.8 Å². The van der Waals surface area contributed by atoms with Crippen LogP contribution in [0.5, 0.6) is 0 Å². The molecule has 31 nitrogen and oxygen atoms in total. The summed E-state index contributed by atoms with van der Waals surface area (Å²) >= 11 is 0. The first kappa shape index (κ1) is 55.4. The molecule has 0 aromatic rings. The van der Waals surface area contributed by atoms with Gasteiger partial charge in [-0.15, -0.1) is 0 Å². The highest BCUT2D eigenvalue weighted by molar-refractivity contribution is 5.75. The highest BCUT2D eigenvalue weighted by Gasteiger charge is 2.59. The van der Waals surface area contributed by atoms with E-state index >= 15 is 0 Å². The van der Waals surface area contributed by atoms with Gasteiger partial charge in [0.1, 0.15) is 110 Å². The molecule has 68 heavy (non-hydrogen) atoms. The quantitative estimate of drug-likeness (QED) is 0.0643. The predicted octanol–water partition coefficient (Wildman–Crippen LogP) is -10.7. The molecule has 5 heterocycles. The Labute approximate surface area is 384 Å². The molecule has 5 aliphatic rings. The lowest BCUT2D eigenvalue weighted by atomic mass is 9.93. The minimum absolute atomic E-state index is 0.689. The van der Waals surface area contributed by atoms with Gasteiger partial charge in [-0.05, 0) is 0 Å². The molecule has 0 radical (unpaired) electrons. The second kappa shape index (κ2) is 23.6. The molecule has 0 aromatic heterocycles. The number of hydrogen-bond donors (Lipinski definition) is 16. The van der Waals surface area contributed by atoms with Gasteiger partial charge in [0.2, 0.25) is 17.7 Å². The van der Waals surface area contributed by atoms with E-state index in [1.54, 1.807) is 0 Å². The van der Waals surface area contributed by atoms with Crippen molar-refractivity contribution in [3.8, 4) is 0 Å². The highest BCUT2D eigenvalue weighted by atomic mass is 16.8. The number of rotatable bonds is 17. The molecule has 5 saturated heterocycles. The zero-order valence-corrected chi connectivity index (χ0v) is 36.5. The first-order valence-electron chi connectivity index (χ1n) is 21.0. The minimum Gasteiger partial charge on any atom is -0.479 e. The summed E-state index contributed by atoms with van der Waals surface area (Å²) in [7, 11) is 1.15. The van der Waals surface area contributed by atoms with Crippen LogP contribution in [-0.4, -0.2) is 276 Å². The molecule has 0 aromatic carbocycles. The van der Waals surface area contributed by atoms with Crippen molar-refractivity contribution in [2.24, 2.45) is 0 Å². The van der Waals surface area contributed by atoms with Crippen LogP contribution in [0.2, 0.25) is 0 Å². The fourth-order valence-electron chi connectivity index (χ4n) is 8.36. The van der Waals surface area contributed by atoms with Crippen molar-refractivity contribution < 1.29 is 138 Å². The predicted molar refractivity (Wildman–Crippen MR) is 207 cm³/mol. The maximum atomic E-state index is 12.7. The number of amides is 3. The lowest BCUT2D eigenvalue weighted by Gasteiger charge is -2.50. The largest absolute Gasteiger partial charge is 0.479 e. The van der Waals surface area contributed by atoms with Gasteiger partial charge in [-0.1, -0.05) is 0 Å². The van der Waals surface area contributed by atoms with Crippen molar-refractivity contribution in [2.75, 3.05) is 26.9 Å². The van der Waals surface area contributed by atoms with Gasteiger partial charge in [0.25, 0.3) is 0 Å². The molecule has 5 fully saturated rings. The number of carbonyl (C=O) groups is 5. The van der Waals surface area contributed by atoms with Gasteiger partial charge >= 0.3 is 11.9 Å². The minimum atomic E-state index is -2.36. The third-order valence-corrected chi connectivity index (χ3v) is 11.7. The van der Waals surface area contributed by atoms with E-state index in [1.165, 1.54) is 0 Å². The standard InChI is InChI=1S/C37H59N3O28/c1-8(44)38-14-20(50)17(47)11(5-41)61-34(14)65-27-21(51)23(53)37(67-29(27)31(55)56)64-26-16(40-10(3)46)35(62-13(7-43)19(26)49)66-28-22(52)24(54)36(68-30(28)32(57)58)63-25-15(39-9(2)45)33(59-4)60-12(6-42)18(25)48/h11-30,33-37,41-43,47-54H,5-7H2,1-4H3,(H,38,44)(H,39,45)(H,40,46)(H,55,56)(H,57,58)/t11-,12-,13-,14-,15-,16-,17-,18-,19-,20-,21-,22-,23-,24-,25-,26-,27+,28+,29+,30+,33-,34+,35+,36-,37-/m1/s1. The molecule has 0 saturated carbocycles. The fourth-order valence-corrected chi connectivity index (χ4v) is 8.36. The van der Waals surface area contributed by atoms with Crippen LogP contribution in [0.1, 0.15) is 20.8 Å². The van der Waals surface area contributed by atoms with Crippen LogP contribution in [0.3, 0.4) is 0 Å². The monoisotopic (exact) mass is 993 g/mol. The first-order valence-corrected chi connectivity index (χ1v) is 21.0. The van der Waals surface area contributed by atoms with E-state index in [9.17, 15) is 90.4 Å². The zero-order chi connectivity index (χ0) is 50.6. The summed E-state index contributed by atoms with van der Waals surface area (Å²) in [6.45, 7) is 0.224.